The minimum absolute atomic E-state index is 0.0264. The Bertz CT molecular complexity index is 800. The van der Waals surface area contributed by atoms with Crippen LogP contribution in [0.3, 0.4) is 0 Å². The monoisotopic (exact) mass is 398 g/mol. The third-order valence-electron chi connectivity index (χ3n) is 4.84. The van der Waals surface area contributed by atoms with Crippen molar-refractivity contribution in [1.82, 2.24) is 9.21 Å². The van der Waals surface area contributed by atoms with Crippen LogP contribution in [0.15, 0.2) is 18.2 Å². The second kappa shape index (κ2) is 8.71. The molecule has 0 spiro atoms. The maximum Gasteiger partial charge on any atom is 0.323 e. The molecular formula is C18H26N2O6S. The summed E-state index contributed by atoms with van der Waals surface area (Å²) in [6.45, 7) is 3.57. The van der Waals surface area contributed by atoms with E-state index < -0.39 is 28.4 Å². The normalized spacial score (nSPS) is 16.1. The number of hydrogen-bond donors (Lipinski definition) is 1. The second-order valence-corrected chi connectivity index (χ2v) is 8.80. The van der Waals surface area contributed by atoms with Gasteiger partial charge in [-0.15, -0.1) is 0 Å². The van der Waals surface area contributed by atoms with Crippen LogP contribution in [0.5, 0.6) is 5.75 Å². The first-order chi connectivity index (χ1) is 12.7. The molecule has 1 aromatic carbocycles. The number of sulfonamides is 1. The van der Waals surface area contributed by atoms with Crippen LogP contribution in [0.4, 0.5) is 0 Å². The van der Waals surface area contributed by atoms with Crippen molar-refractivity contribution in [3.05, 3.63) is 29.3 Å². The van der Waals surface area contributed by atoms with Crippen LogP contribution in [0, 0.1) is 6.92 Å². The quantitative estimate of drug-likeness (QED) is 0.743. The minimum Gasteiger partial charge on any atom is -0.496 e. The number of ether oxygens (including phenoxy) is 1. The van der Waals surface area contributed by atoms with Gasteiger partial charge in [0.05, 0.1) is 12.9 Å². The number of carboxylic acids is 1. The van der Waals surface area contributed by atoms with Gasteiger partial charge in [-0.1, -0.05) is 6.07 Å². The molecule has 1 aromatic rings. The molecular weight excluding hydrogens is 372 g/mol. The summed E-state index contributed by atoms with van der Waals surface area (Å²) in [7, 11) is -1.77. The molecule has 1 aliphatic heterocycles. The SMILES string of the molecule is CCS(=O)(=O)N1CCC(N(CC(=O)O)C(=O)c2ccc(C)c(OC)c2)CC1. The summed E-state index contributed by atoms with van der Waals surface area (Å²) in [6.07, 6.45) is 0.808. The van der Waals surface area contributed by atoms with Crippen molar-refractivity contribution in [2.45, 2.75) is 32.7 Å². The lowest BCUT2D eigenvalue weighted by Crippen LogP contribution is -2.50. The summed E-state index contributed by atoms with van der Waals surface area (Å²) >= 11 is 0. The van der Waals surface area contributed by atoms with Gasteiger partial charge in [-0.2, -0.15) is 0 Å². The van der Waals surface area contributed by atoms with E-state index in [2.05, 4.69) is 0 Å². The van der Waals surface area contributed by atoms with Crippen LogP contribution < -0.4 is 4.74 Å². The highest BCUT2D eigenvalue weighted by molar-refractivity contribution is 7.89. The van der Waals surface area contributed by atoms with Crippen molar-refractivity contribution in [3.63, 3.8) is 0 Å². The summed E-state index contributed by atoms with van der Waals surface area (Å²) in [4.78, 5) is 25.6. The average molecular weight is 398 g/mol. The number of aryl methyl sites for hydroxylation is 1. The summed E-state index contributed by atoms with van der Waals surface area (Å²) in [5, 5.41) is 9.25. The van der Waals surface area contributed by atoms with Crippen LogP contribution >= 0.6 is 0 Å². The van der Waals surface area contributed by atoms with Gasteiger partial charge in [-0.05, 0) is 44.4 Å². The number of amides is 1. The van der Waals surface area contributed by atoms with Gasteiger partial charge in [0.25, 0.3) is 5.91 Å². The lowest BCUT2D eigenvalue weighted by molar-refractivity contribution is -0.138. The largest absolute Gasteiger partial charge is 0.496 e. The van der Waals surface area contributed by atoms with Crippen LogP contribution in [0.25, 0.3) is 0 Å². The summed E-state index contributed by atoms with van der Waals surface area (Å²) in [6, 6.07) is 4.67. The van der Waals surface area contributed by atoms with Crippen LogP contribution in [-0.2, 0) is 14.8 Å². The van der Waals surface area contributed by atoms with Gasteiger partial charge >= 0.3 is 5.97 Å². The summed E-state index contributed by atoms with van der Waals surface area (Å²) < 4.78 is 30.7. The van der Waals surface area contributed by atoms with Gasteiger partial charge in [0.15, 0.2) is 0 Å². The molecule has 1 heterocycles. The zero-order valence-corrected chi connectivity index (χ0v) is 16.7. The van der Waals surface area contributed by atoms with E-state index >= 15 is 0 Å². The number of piperidine rings is 1. The first-order valence-corrected chi connectivity index (χ1v) is 10.5. The highest BCUT2D eigenvalue weighted by Gasteiger charge is 2.33. The second-order valence-electron chi connectivity index (χ2n) is 6.54. The standard InChI is InChI=1S/C18H26N2O6S/c1-4-27(24,25)19-9-7-15(8-10-19)20(12-17(21)22)18(23)14-6-5-13(2)16(11-14)26-3/h5-6,11,15H,4,7-10,12H2,1-3H3,(H,21,22). The van der Waals surface area contributed by atoms with E-state index in [-0.39, 0.29) is 24.9 Å². The molecule has 0 saturated carbocycles. The highest BCUT2D eigenvalue weighted by atomic mass is 32.2. The number of carboxylic acid groups (broad SMARTS) is 1. The Labute approximate surface area is 159 Å². The fraction of sp³-hybridized carbons (Fsp3) is 0.556. The predicted octanol–water partition coefficient (Wildman–Crippen LogP) is 1.34. The Morgan fingerprint density at radius 2 is 1.93 bits per heavy atom. The topological polar surface area (TPSA) is 104 Å². The zero-order chi connectivity index (χ0) is 20.2. The third kappa shape index (κ3) is 4.98. The molecule has 1 fully saturated rings. The van der Waals surface area contributed by atoms with Gasteiger partial charge < -0.3 is 14.7 Å². The van der Waals surface area contributed by atoms with Crippen molar-refractivity contribution >= 4 is 21.9 Å². The molecule has 1 saturated heterocycles. The first-order valence-electron chi connectivity index (χ1n) is 8.84. The molecule has 9 heteroatoms. The number of rotatable bonds is 7. The number of carbonyl (C=O) groups is 2. The number of carbonyl (C=O) groups excluding carboxylic acids is 1. The summed E-state index contributed by atoms with van der Waals surface area (Å²) in [5.41, 5.74) is 1.22. The van der Waals surface area contributed by atoms with Gasteiger partial charge in [-0.25, -0.2) is 12.7 Å². The molecule has 150 valence electrons. The molecule has 0 atom stereocenters. The molecule has 1 amide bonds. The van der Waals surface area contributed by atoms with Crippen LogP contribution in [0.2, 0.25) is 0 Å². The molecule has 1 aliphatic rings. The van der Waals surface area contributed by atoms with Gasteiger partial charge in [0.1, 0.15) is 12.3 Å². The predicted molar refractivity (Wildman–Crippen MR) is 100 cm³/mol. The number of nitrogens with zero attached hydrogens (tertiary/aromatic N) is 2. The fourth-order valence-corrected chi connectivity index (χ4v) is 4.38. The van der Waals surface area contributed by atoms with Crippen molar-refractivity contribution in [2.75, 3.05) is 32.5 Å². The van der Waals surface area contributed by atoms with Crippen LogP contribution in [0.1, 0.15) is 35.7 Å². The molecule has 0 unspecified atom stereocenters. The van der Waals surface area contributed by atoms with Crippen molar-refractivity contribution in [1.29, 1.82) is 0 Å². The highest BCUT2D eigenvalue weighted by Crippen LogP contribution is 2.24. The molecule has 1 N–H and O–H groups in total. The molecule has 0 aromatic heterocycles. The number of methoxy groups -OCH3 is 1. The van der Waals surface area contributed by atoms with E-state index in [9.17, 15) is 23.1 Å². The zero-order valence-electron chi connectivity index (χ0n) is 15.8. The van der Waals surface area contributed by atoms with E-state index in [0.29, 0.717) is 24.2 Å². The van der Waals surface area contributed by atoms with E-state index in [1.807, 2.05) is 6.92 Å². The Balaban J connectivity index is 2.21. The molecule has 8 nitrogen and oxygen atoms in total. The molecule has 0 aliphatic carbocycles. The smallest absolute Gasteiger partial charge is 0.323 e. The molecule has 0 radical (unpaired) electrons. The maximum absolute atomic E-state index is 13.0. The molecule has 0 bridgehead atoms. The maximum atomic E-state index is 13.0. The third-order valence-corrected chi connectivity index (χ3v) is 6.73. The van der Waals surface area contributed by atoms with Crippen molar-refractivity contribution in [3.8, 4) is 5.75 Å². The Kier molecular flexibility index (Phi) is 6.83. The fourth-order valence-electron chi connectivity index (χ4n) is 3.25. The lowest BCUT2D eigenvalue weighted by Gasteiger charge is -2.37. The van der Waals surface area contributed by atoms with E-state index in [0.717, 1.165) is 5.56 Å². The van der Waals surface area contributed by atoms with Crippen LogP contribution in [-0.4, -0.2) is 73.1 Å². The number of benzene rings is 1. The Morgan fingerprint density at radius 1 is 1.30 bits per heavy atom. The lowest BCUT2D eigenvalue weighted by atomic mass is 10.0. The molecule has 2 rings (SSSR count). The van der Waals surface area contributed by atoms with Crippen molar-refractivity contribution in [2.24, 2.45) is 0 Å². The minimum atomic E-state index is -3.28. The number of hydrogen-bond acceptors (Lipinski definition) is 5. The van der Waals surface area contributed by atoms with Gasteiger partial charge in [0.2, 0.25) is 10.0 Å². The Morgan fingerprint density at radius 3 is 2.44 bits per heavy atom. The average Bonchev–Trinajstić information content (AvgIpc) is 2.66. The van der Waals surface area contributed by atoms with Gasteiger partial charge in [-0.3, -0.25) is 9.59 Å². The number of aliphatic carboxylic acids is 1. The van der Waals surface area contributed by atoms with E-state index in [1.165, 1.54) is 16.3 Å². The van der Waals surface area contributed by atoms with Crippen molar-refractivity contribution < 1.29 is 27.9 Å². The van der Waals surface area contributed by atoms with E-state index in [1.54, 1.807) is 25.1 Å². The first kappa shape index (κ1) is 21.2. The Hall–Kier alpha value is -2.13. The van der Waals surface area contributed by atoms with E-state index in [4.69, 9.17) is 4.74 Å². The molecule has 27 heavy (non-hydrogen) atoms. The summed E-state index contributed by atoms with van der Waals surface area (Å²) in [5.74, 6) is -0.919. The van der Waals surface area contributed by atoms with Gasteiger partial charge in [0, 0.05) is 24.7 Å².